The monoisotopic (exact) mass is 201 g/mol. The van der Waals surface area contributed by atoms with Gasteiger partial charge in [0.15, 0.2) is 0 Å². The second-order valence-electron chi connectivity index (χ2n) is 2.85. The van der Waals surface area contributed by atoms with Gasteiger partial charge in [0, 0.05) is 12.5 Å². The summed E-state index contributed by atoms with van der Waals surface area (Å²) in [5, 5.41) is 8.33. The van der Waals surface area contributed by atoms with Crippen LogP contribution in [0, 0.1) is 5.92 Å². The maximum Gasteiger partial charge on any atom is 0.312 e. The second-order valence-corrected chi connectivity index (χ2v) is 2.85. The van der Waals surface area contributed by atoms with E-state index < -0.39 is 30.3 Å². The van der Waals surface area contributed by atoms with Crippen LogP contribution in [0.1, 0.15) is 12.8 Å². The predicted octanol–water partition coefficient (Wildman–Crippen LogP) is 0.865. The molecule has 1 aliphatic rings. The molecule has 0 aromatic rings. The van der Waals surface area contributed by atoms with E-state index in [1.54, 1.807) is 0 Å². The largest absolute Gasteiger partial charge is 0.481 e. The summed E-state index contributed by atoms with van der Waals surface area (Å²) in [4.78, 5) is 10.2. The van der Waals surface area contributed by atoms with Crippen LogP contribution in [0.4, 0.5) is 8.78 Å². The van der Waals surface area contributed by atoms with Crippen LogP contribution in [-0.2, 0) is 4.79 Å². The van der Waals surface area contributed by atoms with Crippen LogP contribution >= 0.6 is 12.4 Å². The molecule has 0 bridgehead atoms. The molecule has 12 heavy (non-hydrogen) atoms. The molecule has 2 atom stereocenters. The Labute approximate surface area is 74.3 Å². The van der Waals surface area contributed by atoms with Crippen molar-refractivity contribution < 1.29 is 18.7 Å². The Morgan fingerprint density at radius 1 is 1.58 bits per heavy atom. The number of carboxylic acids is 1. The van der Waals surface area contributed by atoms with Crippen molar-refractivity contribution in [1.82, 2.24) is 0 Å². The van der Waals surface area contributed by atoms with Crippen LogP contribution in [0.25, 0.3) is 0 Å². The molecule has 72 valence electrons. The fourth-order valence-electron chi connectivity index (χ4n) is 1.33. The van der Waals surface area contributed by atoms with Gasteiger partial charge in [-0.25, -0.2) is 8.78 Å². The zero-order valence-corrected chi connectivity index (χ0v) is 6.98. The third-order valence-corrected chi connectivity index (χ3v) is 1.88. The molecular formula is C6H10ClF2NO2. The van der Waals surface area contributed by atoms with Crippen LogP contribution in [0.3, 0.4) is 0 Å². The summed E-state index contributed by atoms with van der Waals surface area (Å²) in [6.07, 6.45) is -0.633. The number of nitrogens with two attached hydrogens (primary N) is 1. The first-order chi connectivity index (χ1) is 4.93. The molecule has 0 aliphatic heterocycles. The number of hydrogen-bond acceptors (Lipinski definition) is 2. The number of carbonyl (C=O) groups is 1. The Morgan fingerprint density at radius 2 is 2.08 bits per heavy atom. The number of carboxylic acid groups (broad SMARTS) is 1. The standard InChI is InChI=1S/C6H9F2NO2.ClH/c7-6(8)2-3(9)1-4(6)5(10)11;/h3-4H,1-2,9H2,(H,10,11);1H. The summed E-state index contributed by atoms with van der Waals surface area (Å²) in [5.74, 6) is -6.16. The minimum atomic E-state index is -3.12. The van der Waals surface area contributed by atoms with Crippen LogP contribution in [0.2, 0.25) is 0 Å². The first-order valence-electron chi connectivity index (χ1n) is 3.29. The fraction of sp³-hybridized carbons (Fsp3) is 0.833. The van der Waals surface area contributed by atoms with Gasteiger partial charge in [0.2, 0.25) is 0 Å². The minimum Gasteiger partial charge on any atom is -0.481 e. The van der Waals surface area contributed by atoms with Gasteiger partial charge >= 0.3 is 5.97 Å². The number of aliphatic carboxylic acids is 1. The summed E-state index contributed by atoms with van der Waals surface area (Å²) in [6, 6.07) is -0.675. The Hall–Kier alpha value is -0.420. The van der Waals surface area contributed by atoms with Gasteiger partial charge in [-0.2, -0.15) is 0 Å². The minimum absolute atomic E-state index is 0. The van der Waals surface area contributed by atoms with E-state index >= 15 is 0 Å². The number of alkyl halides is 2. The summed E-state index contributed by atoms with van der Waals surface area (Å²) in [6.45, 7) is 0. The van der Waals surface area contributed by atoms with Gasteiger partial charge in [-0.05, 0) is 6.42 Å². The highest BCUT2D eigenvalue weighted by atomic mass is 35.5. The average Bonchev–Trinajstić information content (AvgIpc) is 2.04. The Morgan fingerprint density at radius 3 is 2.25 bits per heavy atom. The molecule has 6 heteroatoms. The average molecular weight is 202 g/mol. The smallest absolute Gasteiger partial charge is 0.312 e. The maximum absolute atomic E-state index is 12.6. The van der Waals surface area contributed by atoms with E-state index in [-0.39, 0.29) is 18.8 Å². The van der Waals surface area contributed by atoms with Crippen molar-refractivity contribution in [3.8, 4) is 0 Å². The Kier molecular flexibility index (Phi) is 3.41. The molecule has 1 rings (SSSR count). The summed E-state index contributed by atoms with van der Waals surface area (Å²) in [7, 11) is 0. The van der Waals surface area contributed by atoms with Crippen molar-refractivity contribution >= 4 is 18.4 Å². The van der Waals surface area contributed by atoms with Gasteiger partial charge in [0.25, 0.3) is 5.92 Å². The van der Waals surface area contributed by atoms with Gasteiger partial charge in [0.1, 0.15) is 5.92 Å². The number of hydrogen-bond donors (Lipinski definition) is 2. The highest BCUT2D eigenvalue weighted by Crippen LogP contribution is 2.39. The van der Waals surface area contributed by atoms with Crippen molar-refractivity contribution in [1.29, 1.82) is 0 Å². The molecule has 0 aromatic carbocycles. The van der Waals surface area contributed by atoms with Crippen LogP contribution in [0.5, 0.6) is 0 Å². The van der Waals surface area contributed by atoms with Crippen molar-refractivity contribution in [3.63, 3.8) is 0 Å². The summed E-state index contributed by atoms with van der Waals surface area (Å²) in [5.41, 5.74) is 5.20. The second kappa shape index (κ2) is 3.53. The lowest BCUT2D eigenvalue weighted by atomic mass is 10.1. The van der Waals surface area contributed by atoms with Gasteiger partial charge in [-0.1, -0.05) is 0 Å². The summed E-state index contributed by atoms with van der Waals surface area (Å²) < 4.78 is 25.3. The number of halogens is 3. The third kappa shape index (κ3) is 2.04. The highest BCUT2D eigenvalue weighted by Gasteiger charge is 2.51. The van der Waals surface area contributed by atoms with E-state index in [0.29, 0.717) is 0 Å². The van der Waals surface area contributed by atoms with Crippen molar-refractivity contribution in [2.75, 3.05) is 0 Å². The highest BCUT2D eigenvalue weighted by molar-refractivity contribution is 5.85. The molecule has 1 saturated carbocycles. The van der Waals surface area contributed by atoms with Gasteiger partial charge in [-0.15, -0.1) is 12.4 Å². The molecule has 0 heterocycles. The van der Waals surface area contributed by atoms with Crippen molar-refractivity contribution in [2.45, 2.75) is 24.8 Å². The molecule has 0 aromatic heterocycles. The molecule has 2 unspecified atom stereocenters. The lowest BCUT2D eigenvalue weighted by Gasteiger charge is -2.13. The van der Waals surface area contributed by atoms with Gasteiger partial charge in [-0.3, -0.25) is 4.79 Å². The lowest BCUT2D eigenvalue weighted by Crippen LogP contribution is -2.28. The Bertz CT molecular complexity index is 188. The number of rotatable bonds is 1. The normalized spacial score (nSPS) is 32.6. The first kappa shape index (κ1) is 11.6. The van der Waals surface area contributed by atoms with Crippen molar-refractivity contribution in [3.05, 3.63) is 0 Å². The van der Waals surface area contributed by atoms with Crippen LogP contribution in [-0.4, -0.2) is 23.0 Å². The topological polar surface area (TPSA) is 63.3 Å². The zero-order valence-electron chi connectivity index (χ0n) is 6.17. The molecule has 1 aliphatic carbocycles. The van der Waals surface area contributed by atoms with Crippen LogP contribution < -0.4 is 5.73 Å². The lowest BCUT2D eigenvalue weighted by molar-refractivity contribution is -0.153. The van der Waals surface area contributed by atoms with E-state index in [0.717, 1.165) is 0 Å². The summed E-state index contributed by atoms with van der Waals surface area (Å²) >= 11 is 0. The SMILES string of the molecule is Cl.NC1CC(C(=O)O)C(F)(F)C1. The Balaban J connectivity index is 0.00000121. The molecule has 3 nitrogen and oxygen atoms in total. The van der Waals surface area contributed by atoms with E-state index in [2.05, 4.69) is 0 Å². The van der Waals surface area contributed by atoms with E-state index in [9.17, 15) is 13.6 Å². The van der Waals surface area contributed by atoms with E-state index in [1.807, 2.05) is 0 Å². The molecule has 0 amide bonds. The maximum atomic E-state index is 12.6. The zero-order chi connectivity index (χ0) is 8.65. The van der Waals surface area contributed by atoms with Crippen LogP contribution in [0.15, 0.2) is 0 Å². The van der Waals surface area contributed by atoms with Gasteiger partial charge in [0.05, 0.1) is 0 Å². The van der Waals surface area contributed by atoms with Gasteiger partial charge < -0.3 is 10.8 Å². The first-order valence-corrected chi connectivity index (χ1v) is 3.29. The quantitative estimate of drug-likeness (QED) is 0.662. The molecule has 0 saturated heterocycles. The molecular weight excluding hydrogens is 192 g/mol. The molecule has 3 N–H and O–H groups in total. The molecule has 0 radical (unpaired) electrons. The van der Waals surface area contributed by atoms with E-state index in [1.165, 1.54) is 0 Å². The predicted molar refractivity (Wildman–Crippen MR) is 40.5 cm³/mol. The van der Waals surface area contributed by atoms with Crippen molar-refractivity contribution in [2.24, 2.45) is 11.7 Å². The molecule has 1 fully saturated rings. The fourth-order valence-corrected chi connectivity index (χ4v) is 1.33. The molecule has 0 spiro atoms. The third-order valence-electron chi connectivity index (χ3n) is 1.88. The van der Waals surface area contributed by atoms with E-state index in [4.69, 9.17) is 10.8 Å².